The van der Waals surface area contributed by atoms with Crippen LogP contribution < -0.4 is 0 Å². The lowest BCUT2D eigenvalue weighted by molar-refractivity contribution is -0.307. The van der Waals surface area contributed by atoms with Crippen molar-refractivity contribution in [1.29, 1.82) is 0 Å². The van der Waals surface area contributed by atoms with Crippen LogP contribution in [0.1, 0.15) is 87.4 Å². The number of rotatable bonds is 16. The van der Waals surface area contributed by atoms with E-state index in [1.807, 2.05) is 6.92 Å². The molecule has 5 rings (SSSR count). The molecule has 1 saturated heterocycles. The Balaban J connectivity index is 1.56. The molecule has 0 unspecified atom stereocenters. The lowest BCUT2D eigenvalue weighted by Crippen LogP contribution is -2.63. The van der Waals surface area contributed by atoms with Gasteiger partial charge in [-0.15, -0.1) is 0 Å². The van der Waals surface area contributed by atoms with Crippen molar-refractivity contribution in [3.63, 3.8) is 0 Å². The van der Waals surface area contributed by atoms with Crippen LogP contribution in [-0.2, 0) is 28.4 Å². The number of unbranched alkanes of at least 4 members (excludes halogenated alkanes) is 3. The predicted molar refractivity (Wildman–Crippen MR) is 222 cm³/mol. The summed E-state index contributed by atoms with van der Waals surface area (Å²) in [7, 11) is 0. The van der Waals surface area contributed by atoms with E-state index in [1.165, 1.54) is 0 Å². The molecule has 56 heavy (non-hydrogen) atoms. The average molecular weight is 1020 g/mol. The first-order valence-electron chi connectivity index (χ1n) is 18.0. The van der Waals surface area contributed by atoms with Gasteiger partial charge in [-0.2, -0.15) is 0 Å². The molecule has 6 atom stereocenters. The Labute approximate surface area is 359 Å². The summed E-state index contributed by atoms with van der Waals surface area (Å²) >= 11 is 13.5. The van der Waals surface area contributed by atoms with Gasteiger partial charge < -0.3 is 28.4 Å². The highest BCUT2D eigenvalue weighted by molar-refractivity contribution is 9.11. The number of halogens is 4. The van der Waals surface area contributed by atoms with Crippen molar-refractivity contribution in [2.45, 2.75) is 82.8 Å². The van der Waals surface area contributed by atoms with Crippen molar-refractivity contribution in [1.82, 2.24) is 0 Å². The van der Waals surface area contributed by atoms with Crippen LogP contribution in [0.15, 0.2) is 115 Å². The van der Waals surface area contributed by atoms with Crippen molar-refractivity contribution in [2.24, 2.45) is 0 Å². The number of ether oxygens (including phenoxy) is 6. The number of benzene rings is 4. The summed E-state index contributed by atoms with van der Waals surface area (Å²) in [6, 6.07) is 26.0. The van der Waals surface area contributed by atoms with Gasteiger partial charge in [-0.25, -0.2) is 19.2 Å². The van der Waals surface area contributed by atoms with Gasteiger partial charge in [0.1, 0.15) is 12.7 Å². The first-order chi connectivity index (χ1) is 26.9. The van der Waals surface area contributed by atoms with Crippen LogP contribution in [0.25, 0.3) is 0 Å². The summed E-state index contributed by atoms with van der Waals surface area (Å²) < 4.78 is 40.1. The molecule has 0 amide bonds. The summed E-state index contributed by atoms with van der Waals surface area (Å²) in [5, 5.41) is 0. The second-order valence-electron chi connectivity index (χ2n) is 13.1. The maximum atomic E-state index is 13.9. The van der Waals surface area contributed by atoms with Gasteiger partial charge in [-0.1, -0.05) is 96.3 Å². The molecule has 10 nitrogen and oxygen atoms in total. The maximum Gasteiger partial charge on any atom is 0.338 e. The minimum atomic E-state index is -1.51. The molecule has 4 aromatic carbocycles. The third-order valence-corrected chi connectivity index (χ3v) is 11.0. The molecule has 0 aliphatic carbocycles. The lowest BCUT2D eigenvalue weighted by atomic mass is 9.97. The highest BCUT2D eigenvalue weighted by Gasteiger charge is 2.54. The molecular formula is C42H40Br4O10. The zero-order chi connectivity index (χ0) is 40.2. The smallest absolute Gasteiger partial charge is 0.338 e. The molecule has 0 aromatic heterocycles. The third-order valence-electron chi connectivity index (χ3n) is 8.85. The van der Waals surface area contributed by atoms with E-state index in [2.05, 4.69) is 70.6 Å². The Morgan fingerprint density at radius 2 is 0.946 bits per heavy atom. The lowest BCUT2D eigenvalue weighted by Gasteiger charge is -2.45. The monoisotopic (exact) mass is 1020 g/mol. The van der Waals surface area contributed by atoms with E-state index in [4.69, 9.17) is 28.4 Å². The van der Waals surface area contributed by atoms with Gasteiger partial charge in [-0.3, -0.25) is 0 Å². The molecule has 4 aromatic rings. The minimum absolute atomic E-state index is 0.177. The van der Waals surface area contributed by atoms with E-state index in [-0.39, 0.29) is 22.3 Å². The summed E-state index contributed by atoms with van der Waals surface area (Å²) in [6.45, 7) is 3.55. The zero-order valence-electron chi connectivity index (χ0n) is 30.5. The first kappa shape index (κ1) is 43.7. The number of carbonyl (C=O) groups is 4. The summed E-state index contributed by atoms with van der Waals surface area (Å²) in [5.41, 5.74) is 0.821. The van der Waals surface area contributed by atoms with Gasteiger partial charge in [-0.05, 0) is 110 Å². The normalized spacial score (nSPS) is 19.7. The van der Waals surface area contributed by atoms with E-state index >= 15 is 0 Å². The van der Waals surface area contributed by atoms with Gasteiger partial charge in [0.25, 0.3) is 0 Å². The zero-order valence-corrected chi connectivity index (χ0v) is 36.9. The van der Waals surface area contributed by atoms with Crippen LogP contribution in [0.4, 0.5) is 0 Å². The molecule has 0 saturated carbocycles. The van der Waals surface area contributed by atoms with Crippen molar-refractivity contribution in [3.8, 4) is 0 Å². The van der Waals surface area contributed by atoms with E-state index in [9.17, 15) is 19.2 Å². The van der Waals surface area contributed by atoms with Crippen LogP contribution in [0, 0.1) is 0 Å². The van der Waals surface area contributed by atoms with Gasteiger partial charge in [0.15, 0.2) is 24.6 Å². The fraction of sp³-hybridized carbons (Fsp3) is 0.333. The van der Waals surface area contributed by atoms with E-state index < -0.39 is 67.3 Å². The van der Waals surface area contributed by atoms with Crippen LogP contribution in [-0.4, -0.2) is 67.3 Å². The quantitative estimate of drug-likeness (QED) is 0.0609. The van der Waals surface area contributed by atoms with Crippen LogP contribution in [0.3, 0.4) is 0 Å². The number of hydrogen-bond acceptors (Lipinski definition) is 10. The SMILES string of the molecule is CCCCCC[C@H](C)O[C@@H]1O[C@H](COC(=O)c2ccc(Br)cc2)[C@@H](OC(=O)c2ccc(Br)cc2)[C@H](OC(=O)c2ccc(Br)cc2)[C@H]1OC(=O)c1ccc(Br)cc1. The molecule has 1 aliphatic rings. The third kappa shape index (κ3) is 12.5. The number of carbonyl (C=O) groups excluding carboxylic acids is 4. The first-order valence-corrected chi connectivity index (χ1v) is 21.2. The van der Waals surface area contributed by atoms with Crippen molar-refractivity contribution >= 4 is 87.6 Å². The molecule has 0 radical (unpaired) electrons. The largest absolute Gasteiger partial charge is 0.459 e. The van der Waals surface area contributed by atoms with Gasteiger partial charge in [0, 0.05) is 17.9 Å². The van der Waals surface area contributed by atoms with Gasteiger partial charge in [0.2, 0.25) is 0 Å². The molecule has 1 fully saturated rings. The number of hydrogen-bond donors (Lipinski definition) is 0. The minimum Gasteiger partial charge on any atom is -0.459 e. The van der Waals surface area contributed by atoms with Crippen LogP contribution in [0.2, 0.25) is 0 Å². The second-order valence-corrected chi connectivity index (χ2v) is 16.7. The molecule has 0 N–H and O–H groups in total. The molecule has 1 aliphatic heterocycles. The summed E-state index contributed by atoms with van der Waals surface area (Å²) in [5.74, 6) is -3.02. The molecule has 1 heterocycles. The van der Waals surface area contributed by atoms with Crippen LogP contribution >= 0.6 is 63.7 Å². The van der Waals surface area contributed by atoms with E-state index in [0.717, 1.165) is 43.6 Å². The second kappa shape index (κ2) is 21.4. The summed E-state index contributed by atoms with van der Waals surface area (Å²) in [4.78, 5) is 54.8. The Kier molecular flexibility index (Phi) is 16.7. The highest BCUT2D eigenvalue weighted by atomic mass is 79.9. The standard InChI is InChI=1S/C42H40Br4O10/c1-3-4-5-6-7-25(2)52-42-37(56-41(50)29-14-22-33(46)23-15-29)36(55-40(49)28-12-20-32(45)21-13-28)35(54-39(48)27-10-18-31(44)19-11-27)34(53-42)24-51-38(47)26-8-16-30(43)17-9-26/h8-23,25,34-37,42H,3-7,24H2,1-2H3/t25-,34+,35+,36-,37+,42+/m0/s1. The fourth-order valence-electron chi connectivity index (χ4n) is 5.84. The Hall–Kier alpha value is -3.40. The predicted octanol–water partition coefficient (Wildman–Crippen LogP) is 10.7. The van der Waals surface area contributed by atoms with E-state index in [0.29, 0.717) is 6.42 Å². The molecule has 0 spiro atoms. The molecule has 296 valence electrons. The Morgan fingerprint density at radius 3 is 1.38 bits per heavy atom. The summed E-state index contributed by atoms with van der Waals surface area (Å²) in [6.07, 6.45) is -2.80. The van der Waals surface area contributed by atoms with Crippen molar-refractivity contribution in [3.05, 3.63) is 137 Å². The topological polar surface area (TPSA) is 124 Å². The van der Waals surface area contributed by atoms with E-state index in [1.54, 1.807) is 97.1 Å². The molecule has 14 heteroatoms. The van der Waals surface area contributed by atoms with Crippen molar-refractivity contribution < 1.29 is 47.6 Å². The van der Waals surface area contributed by atoms with Gasteiger partial charge >= 0.3 is 23.9 Å². The fourth-order valence-corrected chi connectivity index (χ4v) is 6.90. The Morgan fingerprint density at radius 1 is 0.554 bits per heavy atom. The molecular weight excluding hydrogens is 984 g/mol. The maximum absolute atomic E-state index is 13.9. The average Bonchev–Trinajstić information content (AvgIpc) is 3.18. The van der Waals surface area contributed by atoms with Crippen molar-refractivity contribution in [2.75, 3.05) is 6.61 Å². The Bertz CT molecular complexity index is 1920. The molecule has 0 bridgehead atoms. The van der Waals surface area contributed by atoms with Gasteiger partial charge in [0.05, 0.1) is 28.4 Å². The number of esters is 4. The van der Waals surface area contributed by atoms with Crippen LogP contribution in [0.5, 0.6) is 0 Å². The highest BCUT2D eigenvalue weighted by Crippen LogP contribution is 2.33.